The number of benzene rings is 1. The van der Waals surface area contributed by atoms with Crippen molar-refractivity contribution in [3.8, 4) is 5.69 Å². The SMILES string of the molecule is CC(NC(=O)[C@H]1CNC[C@@H]1c1cnn(C)c1)c1ccc(-n2cccn2)cc1.Cl. The Balaban J connectivity index is 0.00000225. The highest BCUT2D eigenvalue weighted by Crippen LogP contribution is 2.28. The topological polar surface area (TPSA) is 76.8 Å². The lowest BCUT2D eigenvalue weighted by Crippen LogP contribution is -2.36. The number of carbonyl (C=O) groups is 1. The average molecular weight is 401 g/mol. The van der Waals surface area contributed by atoms with Gasteiger partial charge in [0, 0.05) is 44.6 Å². The van der Waals surface area contributed by atoms with Gasteiger partial charge in [-0.3, -0.25) is 9.48 Å². The van der Waals surface area contributed by atoms with Crippen LogP contribution in [0.25, 0.3) is 5.69 Å². The highest BCUT2D eigenvalue weighted by atomic mass is 35.5. The Morgan fingerprint density at radius 2 is 2.04 bits per heavy atom. The van der Waals surface area contributed by atoms with Gasteiger partial charge in [-0.05, 0) is 36.2 Å². The molecule has 1 aliphatic rings. The molecule has 8 heteroatoms. The number of rotatable bonds is 5. The number of aromatic nitrogens is 4. The molecule has 148 valence electrons. The fraction of sp³-hybridized carbons (Fsp3) is 0.350. The van der Waals surface area contributed by atoms with E-state index >= 15 is 0 Å². The van der Waals surface area contributed by atoms with E-state index in [1.807, 2.05) is 67.6 Å². The molecule has 1 amide bonds. The zero-order valence-electron chi connectivity index (χ0n) is 15.9. The zero-order valence-corrected chi connectivity index (χ0v) is 16.8. The third-order valence-corrected chi connectivity index (χ3v) is 5.22. The Morgan fingerprint density at radius 3 is 2.68 bits per heavy atom. The van der Waals surface area contributed by atoms with E-state index in [0.717, 1.165) is 23.4 Å². The maximum atomic E-state index is 12.9. The molecular formula is C20H25ClN6O. The van der Waals surface area contributed by atoms with Gasteiger partial charge in [0.15, 0.2) is 0 Å². The van der Waals surface area contributed by atoms with E-state index < -0.39 is 0 Å². The summed E-state index contributed by atoms with van der Waals surface area (Å²) in [5, 5.41) is 15.0. The van der Waals surface area contributed by atoms with Gasteiger partial charge in [0.1, 0.15) is 0 Å². The standard InChI is InChI=1S/C20H24N6O.ClH/c1-14(15-4-6-17(7-5-15)26-9-3-8-22-26)24-20(27)19-12-21-11-18(19)16-10-23-25(2)13-16;/h3-10,13-14,18-19,21H,11-12H2,1-2H3,(H,24,27);1H/t14?,18-,19+;/m1./s1. The molecule has 0 bridgehead atoms. The smallest absolute Gasteiger partial charge is 0.225 e. The van der Waals surface area contributed by atoms with Gasteiger partial charge in [0.05, 0.1) is 23.8 Å². The van der Waals surface area contributed by atoms with E-state index in [1.54, 1.807) is 10.9 Å². The highest BCUT2D eigenvalue weighted by Gasteiger charge is 2.35. The summed E-state index contributed by atoms with van der Waals surface area (Å²) >= 11 is 0. The van der Waals surface area contributed by atoms with Crippen molar-refractivity contribution >= 4 is 18.3 Å². The van der Waals surface area contributed by atoms with Gasteiger partial charge in [0.25, 0.3) is 0 Å². The van der Waals surface area contributed by atoms with Crippen LogP contribution in [0.15, 0.2) is 55.1 Å². The number of carbonyl (C=O) groups excluding carboxylic acids is 1. The molecule has 4 rings (SSSR count). The molecule has 1 saturated heterocycles. The predicted molar refractivity (Wildman–Crippen MR) is 110 cm³/mol. The summed E-state index contributed by atoms with van der Waals surface area (Å²) in [5.74, 6) is 0.158. The van der Waals surface area contributed by atoms with E-state index in [2.05, 4.69) is 20.8 Å². The number of nitrogens with zero attached hydrogens (tertiary/aromatic N) is 4. The number of halogens is 1. The van der Waals surface area contributed by atoms with Gasteiger partial charge in [-0.15, -0.1) is 12.4 Å². The van der Waals surface area contributed by atoms with Crippen LogP contribution in [0.5, 0.6) is 0 Å². The minimum absolute atomic E-state index is 0. The molecule has 0 radical (unpaired) electrons. The quantitative estimate of drug-likeness (QED) is 0.688. The van der Waals surface area contributed by atoms with Gasteiger partial charge in [-0.2, -0.15) is 10.2 Å². The van der Waals surface area contributed by atoms with Gasteiger partial charge in [-0.1, -0.05) is 12.1 Å². The number of hydrogen-bond donors (Lipinski definition) is 2. The Kier molecular flexibility index (Phi) is 6.16. The first-order valence-corrected chi connectivity index (χ1v) is 9.21. The first-order chi connectivity index (χ1) is 13.1. The first kappa shape index (κ1) is 20.1. The highest BCUT2D eigenvalue weighted by molar-refractivity contribution is 5.85. The molecular weight excluding hydrogens is 376 g/mol. The molecule has 3 aromatic rings. The van der Waals surface area contributed by atoms with Crippen LogP contribution in [0, 0.1) is 5.92 Å². The Labute approximate surface area is 170 Å². The lowest BCUT2D eigenvalue weighted by atomic mass is 9.90. The van der Waals surface area contributed by atoms with Crippen molar-refractivity contribution in [1.82, 2.24) is 30.2 Å². The Hall–Kier alpha value is -2.64. The fourth-order valence-electron chi connectivity index (χ4n) is 3.68. The molecule has 2 aromatic heterocycles. The third kappa shape index (κ3) is 4.10. The maximum Gasteiger partial charge on any atom is 0.225 e. The molecule has 3 atom stereocenters. The van der Waals surface area contributed by atoms with Crippen LogP contribution >= 0.6 is 12.4 Å². The Morgan fingerprint density at radius 1 is 1.25 bits per heavy atom. The van der Waals surface area contributed by atoms with Gasteiger partial charge >= 0.3 is 0 Å². The molecule has 0 spiro atoms. The fourth-order valence-corrected chi connectivity index (χ4v) is 3.68. The molecule has 2 N–H and O–H groups in total. The normalized spacial score (nSPS) is 19.8. The summed E-state index contributed by atoms with van der Waals surface area (Å²) in [6.45, 7) is 3.51. The number of hydrogen-bond acceptors (Lipinski definition) is 4. The van der Waals surface area contributed by atoms with Crippen LogP contribution in [0.1, 0.15) is 30.0 Å². The number of nitrogens with one attached hydrogen (secondary N) is 2. The van der Waals surface area contributed by atoms with Crippen LogP contribution in [0.3, 0.4) is 0 Å². The summed E-state index contributed by atoms with van der Waals surface area (Å²) < 4.78 is 3.60. The molecule has 1 fully saturated rings. The molecule has 28 heavy (non-hydrogen) atoms. The van der Waals surface area contributed by atoms with Crippen molar-refractivity contribution in [2.24, 2.45) is 13.0 Å². The summed E-state index contributed by atoms with van der Waals surface area (Å²) in [5.41, 5.74) is 3.18. The minimum Gasteiger partial charge on any atom is -0.349 e. The maximum absolute atomic E-state index is 12.9. The van der Waals surface area contributed by atoms with Gasteiger partial charge in [-0.25, -0.2) is 4.68 Å². The largest absolute Gasteiger partial charge is 0.349 e. The second-order valence-electron chi connectivity index (χ2n) is 7.09. The van der Waals surface area contributed by atoms with Crippen molar-refractivity contribution < 1.29 is 4.79 Å². The van der Waals surface area contributed by atoms with E-state index in [-0.39, 0.29) is 36.2 Å². The van der Waals surface area contributed by atoms with Crippen molar-refractivity contribution in [3.63, 3.8) is 0 Å². The Bertz CT molecular complexity index is 905. The molecule has 1 aliphatic heterocycles. The van der Waals surface area contributed by atoms with Crippen LogP contribution in [0.4, 0.5) is 0 Å². The van der Waals surface area contributed by atoms with E-state index in [0.29, 0.717) is 6.54 Å². The second kappa shape index (κ2) is 8.58. The molecule has 0 aliphatic carbocycles. The van der Waals surface area contributed by atoms with Crippen LogP contribution in [0.2, 0.25) is 0 Å². The lowest BCUT2D eigenvalue weighted by Gasteiger charge is -2.21. The second-order valence-corrected chi connectivity index (χ2v) is 7.09. The van der Waals surface area contributed by atoms with Gasteiger partial charge < -0.3 is 10.6 Å². The van der Waals surface area contributed by atoms with Crippen LogP contribution in [-0.2, 0) is 11.8 Å². The van der Waals surface area contributed by atoms with Crippen LogP contribution < -0.4 is 10.6 Å². The number of amides is 1. The lowest BCUT2D eigenvalue weighted by molar-refractivity contribution is -0.125. The van der Waals surface area contributed by atoms with Gasteiger partial charge in [0.2, 0.25) is 5.91 Å². The zero-order chi connectivity index (χ0) is 18.8. The average Bonchev–Trinajstić information content (AvgIpc) is 3.42. The summed E-state index contributed by atoms with van der Waals surface area (Å²) in [6, 6.07) is 9.94. The van der Waals surface area contributed by atoms with E-state index in [4.69, 9.17) is 0 Å². The van der Waals surface area contributed by atoms with Crippen molar-refractivity contribution in [3.05, 3.63) is 66.2 Å². The van der Waals surface area contributed by atoms with Crippen molar-refractivity contribution in [1.29, 1.82) is 0 Å². The van der Waals surface area contributed by atoms with E-state index in [9.17, 15) is 4.79 Å². The molecule has 0 saturated carbocycles. The van der Waals surface area contributed by atoms with Crippen molar-refractivity contribution in [2.45, 2.75) is 18.9 Å². The molecule has 1 unspecified atom stereocenters. The molecule has 7 nitrogen and oxygen atoms in total. The van der Waals surface area contributed by atoms with Crippen LogP contribution in [-0.4, -0.2) is 38.6 Å². The summed E-state index contributed by atoms with van der Waals surface area (Å²) in [6.07, 6.45) is 7.52. The monoisotopic (exact) mass is 400 g/mol. The summed E-state index contributed by atoms with van der Waals surface area (Å²) in [4.78, 5) is 12.9. The first-order valence-electron chi connectivity index (χ1n) is 9.21. The van der Waals surface area contributed by atoms with Crippen molar-refractivity contribution in [2.75, 3.05) is 13.1 Å². The third-order valence-electron chi connectivity index (χ3n) is 5.22. The predicted octanol–water partition coefficient (Wildman–Crippen LogP) is 2.21. The van der Waals surface area contributed by atoms with E-state index in [1.165, 1.54) is 0 Å². The molecule has 1 aromatic carbocycles. The minimum atomic E-state index is -0.0833. The number of aryl methyl sites for hydroxylation is 1. The molecule has 3 heterocycles. The summed E-state index contributed by atoms with van der Waals surface area (Å²) in [7, 11) is 1.90.